The van der Waals surface area contributed by atoms with Crippen molar-refractivity contribution < 1.29 is 9.63 Å². The molecule has 1 aromatic carbocycles. The quantitative estimate of drug-likeness (QED) is 0.888. The van der Waals surface area contributed by atoms with Crippen LogP contribution < -0.4 is 0 Å². The average Bonchev–Trinajstić information content (AvgIpc) is 3.33. The molecule has 0 amide bonds. The minimum atomic E-state index is -0.103. The fraction of sp³-hybridized carbons (Fsp3) is 0.619. The van der Waals surface area contributed by atoms with E-state index in [0.29, 0.717) is 12.4 Å². The van der Waals surface area contributed by atoms with E-state index in [9.17, 15) is 5.11 Å². The number of likely N-dealkylation sites (tertiary alicyclic amines) is 1. The molecule has 1 atom stereocenters. The first kappa shape index (κ1) is 17.7. The first-order valence-electron chi connectivity index (χ1n) is 9.96. The highest BCUT2D eigenvalue weighted by Crippen LogP contribution is 2.45. The summed E-state index contributed by atoms with van der Waals surface area (Å²) in [7, 11) is 0. The Labute approximate surface area is 155 Å². The van der Waals surface area contributed by atoms with E-state index >= 15 is 0 Å². The van der Waals surface area contributed by atoms with Gasteiger partial charge in [0.2, 0.25) is 5.89 Å². The summed E-state index contributed by atoms with van der Waals surface area (Å²) in [4.78, 5) is 7.11. The third kappa shape index (κ3) is 3.30. The van der Waals surface area contributed by atoms with E-state index in [1.807, 2.05) is 0 Å². The van der Waals surface area contributed by atoms with Crippen molar-refractivity contribution in [3.05, 3.63) is 47.1 Å². The Morgan fingerprint density at radius 3 is 2.65 bits per heavy atom. The number of piperidine rings is 1. The summed E-state index contributed by atoms with van der Waals surface area (Å²) in [6.45, 7) is 3.95. The number of aliphatic hydroxyl groups is 1. The Hall–Kier alpha value is -1.72. The van der Waals surface area contributed by atoms with E-state index in [1.54, 1.807) is 0 Å². The molecule has 0 bridgehead atoms. The lowest BCUT2D eigenvalue weighted by atomic mass is 9.78. The molecule has 1 saturated carbocycles. The maximum Gasteiger partial charge on any atom is 0.240 e. The normalized spacial score (nSPS) is 23.4. The number of hydrogen-bond acceptors (Lipinski definition) is 5. The van der Waals surface area contributed by atoms with Crippen LogP contribution in [-0.4, -0.2) is 39.3 Å². The Balaban J connectivity index is 1.58. The van der Waals surface area contributed by atoms with Gasteiger partial charge in [0.1, 0.15) is 0 Å². The van der Waals surface area contributed by atoms with Gasteiger partial charge in [-0.2, -0.15) is 4.98 Å². The molecule has 5 heteroatoms. The highest BCUT2D eigenvalue weighted by atomic mass is 16.5. The number of hydrogen-bond donors (Lipinski definition) is 1. The van der Waals surface area contributed by atoms with Crippen LogP contribution in [-0.2, 0) is 12.0 Å². The summed E-state index contributed by atoms with van der Waals surface area (Å²) in [5, 5.41) is 14.0. The largest absolute Gasteiger partial charge is 0.395 e. The van der Waals surface area contributed by atoms with Crippen molar-refractivity contribution >= 4 is 0 Å². The first-order chi connectivity index (χ1) is 12.7. The van der Waals surface area contributed by atoms with Crippen LogP contribution in [0.4, 0.5) is 0 Å². The highest BCUT2D eigenvalue weighted by Gasteiger charge is 2.41. The van der Waals surface area contributed by atoms with Gasteiger partial charge in [0.05, 0.1) is 18.6 Å². The lowest BCUT2D eigenvalue weighted by Gasteiger charge is -2.33. The van der Waals surface area contributed by atoms with E-state index < -0.39 is 0 Å². The molecule has 1 saturated heterocycles. The molecule has 26 heavy (non-hydrogen) atoms. The van der Waals surface area contributed by atoms with Crippen LogP contribution in [0.1, 0.15) is 67.8 Å². The molecule has 140 valence electrons. The monoisotopic (exact) mass is 355 g/mol. The topological polar surface area (TPSA) is 62.4 Å². The van der Waals surface area contributed by atoms with Crippen molar-refractivity contribution in [1.82, 2.24) is 15.0 Å². The minimum absolute atomic E-state index is 0.103. The lowest BCUT2D eigenvalue weighted by Crippen LogP contribution is -2.41. The fourth-order valence-corrected chi connectivity index (χ4v) is 4.65. The van der Waals surface area contributed by atoms with Gasteiger partial charge in [-0.05, 0) is 44.7 Å². The Morgan fingerprint density at radius 1 is 1.15 bits per heavy atom. The maximum absolute atomic E-state index is 9.62. The number of aliphatic hydroxyl groups excluding tert-OH is 1. The molecular weight excluding hydrogens is 326 g/mol. The van der Waals surface area contributed by atoms with Gasteiger partial charge in [-0.1, -0.05) is 54.2 Å². The molecule has 1 aliphatic heterocycles. The second-order valence-corrected chi connectivity index (χ2v) is 7.97. The first-order valence-corrected chi connectivity index (χ1v) is 9.96. The molecular formula is C21H29N3O2. The van der Waals surface area contributed by atoms with E-state index in [-0.39, 0.29) is 18.1 Å². The maximum atomic E-state index is 9.62. The molecule has 1 aromatic heterocycles. The van der Waals surface area contributed by atoms with Gasteiger partial charge >= 0.3 is 0 Å². The van der Waals surface area contributed by atoms with E-state index in [0.717, 1.165) is 31.6 Å². The predicted octanol–water partition coefficient (Wildman–Crippen LogP) is 3.58. The van der Waals surface area contributed by atoms with Gasteiger partial charge in [-0.15, -0.1) is 0 Å². The smallest absolute Gasteiger partial charge is 0.240 e. The Kier molecular flexibility index (Phi) is 5.09. The number of benzene rings is 1. The van der Waals surface area contributed by atoms with Crippen LogP contribution >= 0.6 is 0 Å². The zero-order valence-electron chi connectivity index (χ0n) is 15.7. The molecule has 2 aromatic rings. The standard InChI is InChI=1S/C21H29N3O2/c1-16-7-9-17(10-8-16)21(11-3-4-12-21)20-22-19(26-23-20)14-24-13-5-2-6-18(24)15-25/h7-10,18,25H,2-6,11-15H2,1H3/t18-/m1/s1. The van der Waals surface area contributed by atoms with Crippen molar-refractivity contribution in [3.8, 4) is 0 Å². The van der Waals surface area contributed by atoms with Gasteiger partial charge in [-0.3, -0.25) is 4.90 Å². The van der Waals surface area contributed by atoms with Crippen LogP contribution in [0.25, 0.3) is 0 Å². The van der Waals surface area contributed by atoms with Gasteiger partial charge in [0, 0.05) is 6.04 Å². The highest BCUT2D eigenvalue weighted by molar-refractivity contribution is 5.35. The van der Waals surface area contributed by atoms with Crippen molar-refractivity contribution in [1.29, 1.82) is 0 Å². The molecule has 0 radical (unpaired) electrons. The number of aromatic nitrogens is 2. The van der Waals surface area contributed by atoms with Crippen molar-refractivity contribution in [3.63, 3.8) is 0 Å². The molecule has 1 aliphatic carbocycles. The van der Waals surface area contributed by atoms with Gasteiger partial charge < -0.3 is 9.63 Å². The van der Waals surface area contributed by atoms with Gasteiger partial charge in [0.15, 0.2) is 5.82 Å². The van der Waals surface area contributed by atoms with Crippen LogP contribution in [0.3, 0.4) is 0 Å². The summed E-state index contributed by atoms with van der Waals surface area (Å²) in [6.07, 6.45) is 7.98. The lowest BCUT2D eigenvalue weighted by molar-refractivity contribution is 0.0749. The van der Waals surface area contributed by atoms with Crippen molar-refractivity contribution in [2.75, 3.05) is 13.2 Å². The molecule has 0 spiro atoms. The van der Waals surface area contributed by atoms with Gasteiger partial charge in [0.25, 0.3) is 0 Å². The molecule has 0 unspecified atom stereocenters. The summed E-state index contributed by atoms with van der Waals surface area (Å²) in [6, 6.07) is 9.02. The summed E-state index contributed by atoms with van der Waals surface area (Å²) in [5.41, 5.74) is 2.48. The van der Waals surface area contributed by atoms with E-state index in [4.69, 9.17) is 9.51 Å². The average molecular weight is 355 g/mol. The second kappa shape index (κ2) is 7.49. The SMILES string of the molecule is Cc1ccc(C2(c3noc(CN4CCCC[C@@H]4CO)n3)CCCC2)cc1. The zero-order chi connectivity index (χ0) is 18.0. The number of nitrogens with zero attached hydrogens (tertiary/aromatic N) is 3. The summed E-state index contributed by atoms with van der Waals surface area (Å²) < 4.78 is 5.66. The van der Waals surface area contributed by atoms with Crippen LogP contribution in [0.15, 0.2) is 28.8 Å². The van der Waals surface area contributed by atoms with E-state index in [1.165, 1.54) is 36.8 Å². The number of aryl methyl sites for hydroxylation is 1. The van der Waals surface area contributed by atoms with Crippen LogP contribution in [0.2, 0.25) is 0 Å². The van der Waals surface area contributed by atoms with E-state index in [2.05, 4.69) is 41.2 Å². The summed E-state index contributed by atoms with van der Waals surface area (Å²) in [5.74, 6) is 1.52. The third-order valence-corrected chi connectivity index (χ3v) is 6.26. The van der Waals surface area contributed by atoms with Crippen molar-refractivity contribution in [2.24, 2.45) is 0 Å². The Morgan fingerprint density at radius 2 is 1.92 bits per heavy atom. The molecule has 1 N–H and O–H groups in total. The fourth-order valence-electron chi connectivity index (χ4n) is 4.65. The molecule has 2 aliphatic rings. The Bertz CT molecular complexity index is 719. The molecule has 2 heterocycles. The number of rotatable bonds is 5. The predicted molar refractivity (Wildman–Crippen MR) is 99.9 cm³/mol. The third-order valence-electron chi connectivity index (χ3n) is 6.26. The zero-order valence-corrected chi connectivity index (χ0v) is 15.7. The minimum Gasteiger partial charge on any atom is -0.395 e. The summed E-state index contributed by atoms with van der Waals surface area (Å²) >= 11 is 0. The molecule has 4 rings (SSSR count). The second-order valence-electron chi connectivity index (χ2n) is 7.97. The van der Waals surface area contributed by atoms with Gasteiger partial charge in [-0.25, -0.2) is 0 Å². The molecule has 2 fully saturated rings. The van der Waals surface area contributed by atoms with Crippen LogP contribution in [0, 0.1) is 6.92 Å². The molecule has 5 nitrogen and oxygen atoms in total. The van der Waals surface area contributed by atoms with Crippen LogP contribution in [0.5, 0.6) is 0 Å². The van der Waals surface area contributed by atoms with Crippen molar-refractivity contribution in [2.45, 2.75) is 69.9 Å².